The van der Waals surface area contributed by atoms with Crippen LogP contribution in [0.5, 0.6) is 5.75 Å². The van der Waals surface area contributed by atoms with Crippen LogP contribution in [0.1, 0.15) is 30.1 Å². The number of rotatable bonds is 6. The van der Waals surface area contributed by atoms with E-state index in [1.54, 1.807) is 36.1 Å². The number of alkyl carbamates (subject to hydrolysis) is 1. The number of piperidine rings is 1. The summed E-state index contributed by atoms with van der Waals surface area (Å²) in [6.45, 7) is 3.14. The summed E-state index contributed by atoms with van der Waals surface area (Å²) in [5.41, 5.74) is 0.499. The maximum atomic E-state index is 12.6. The number of halogens is 1. The Balaban J connectivity index is 1.81. The molecule has 2 rings (SSSR count). The predicted molar refractivity (Wildman–Crippen MR) is 98.2 cm³/mol. The molecule has 1 saturated heterocycles. The summed E-state index contributed by atoms with van der Waals surface area (Å²) < 4.78 is 14.5. The van der Waals surface area contributed by atoms with E-state index < -0.39 is 12.2 Å². The van der Waals surface area contributed by atoms with Crippen LogP contribution in [0.4, 0.5) is 9.59 Å². The highest BCUT2D eigenvalue weighted by Crippen LogP contribution is 2.17. The molecule has 0 atom stereocenters. The maximum Gasteiger partial charge on any atom is 0.513 e. The van der Waals surface area contributed by atoms with E-state index in [4.69, 9.17) is 25.8 Å². The third kappa shape index (κ3) is 6.63. The van der Waals surface area contributed by atoms with Crippen molar-refractivity contribution in [1.82, 2.24) is 10.2 Å². The van der Waals surface area contributed by atoms with Crippen molar-refractivity contribution in [2.75, 3.05) is 32.2 Å². The highest BCUT2D eigenvalue weighted by molar-refractivity contribution is 6.18. The first kappa shape index (κ1) is 20.8. The van der Waals surface area contributed by atoms with Gasteiger partial charge in [-0.15, -0.1) is 11.6 Å². The number of hydrogen-bond donors (Lipinski definition) is 1. The van der Waals surface area contributed by atoms with Crippen LogP contribution in [0.2, 0.25) is 0 Å². The lowest BCUT2D eigenvalue weighted by atomic mass is 10.0. The number of nitrogens with one attached hydrogen (secondary N) is 1. The summed E-state index contributed by atoms with van der Waals surface area (Å²) in [5, 5.41) is 2.77. The van der Waals surface area contributed by atoms with Crippen LogP contribution >= 0.6 is 11.6 Å². The standard InChI is InChI=1S/C18H23ClN2O6/c1-2-25-18(24)27-15-5-3-13(4-6-15)16(22)21-10-7-14(8-11-21)20-17(23)26-12-9-19/h3-6,14H,2,7-12H2,1H3,(H,20,23). The van der Waals surface area contributed by atoms with Crippen molar-refractivity contribution < 1.29 is 28.6 Å². The highest BCUT2D eigenvalue weighted by Gasteiger charge is 2.25. The average Bonchev–Trinajstić information content (AvgIpc) is 2.67. The Labute approximate surface area is 162 Å². The van der Waals surface area contributed by atoms with Crippen molar-refractivity contribution in [1.29, 1.82) is 0 Å². The van der Waals surface area contributed by atoms with Gasteiger partial charge in [0.2, 0.25) is 0 Å². The molecule has 0 radical (unpaired) electrons. The van der Waals surface area contributed by atoms with Crippen LogP contribution in [-0.4, -0.2) is 61.3 Å². The number of alkyl halides is 1. The third-order valence-electron chi connectivity index (χ3n) is 3.98. The Morgan fingerprint density at radius 3 is 2.41 bits per heavy atom. The molecule has 0 aromatic heterocycles. The van der Waals surface area contributed by atoms with Crippen molar-refractivity contribution in [2.24, 2.45) is 0 Å². The lowest BCUT2D eigenvalue weighted by Crippen LogP contribution is -2.46. The second-order valence-electron chi connectivity index (χ2n) is 5.85. The van der Waals surface area contributed by atoms with E-state index in [1.165, 1.54) is 0 Å². The molecule has 1 heterocycles. The minimum atomic E-state index is -0.782. The van der Waals surface area contributed by atoms with Gasteiger partial charge in [-0.25, -0.2) is 9.59 Å². The summed E-state index contributed by atoms with van der Waals surface area (Å²) in [7, 11) is 0. The van der Waals surface area contributed by atoms with Crippen LogP contribution in [0.15, 0.2) is 24.3 Å². The van der Waals surface area contributed by atoms with Gasteiger partial charge in [-0.3, -0.25) is 4.79 Å². The number of carbonyl (C=O) groups is 3. The summed E-state index contributed by atoms with van der Waals surface area (Å²) in [6.07, 6.45) is 0.0192. The molecule has 1 aromatic carbocycles. The molecule has 0 unspecified atom stereocenters. The normalized spacial score (nSPS) is 14.4. The van der Waals surface area contributed by atoms with Crippen molar-refractivity contribution in [3.05, 3.63) is 29.8 Å². The molecule has 148 valence electrons. The smallest absolute Gasteiger partial charge is 0.448 e. The number of ether oxygens (including phenoxy) is 3. The molecule has 8 nitrogen and oxygen atoms in total. The van der Waals surface area contributed by atoms with Gasteiger partial charge < -0.3 is 24.4 Å². The highest BCUT2D eigenvalue weighted by atomic mass is 35.5. The van der Waals surface area contributed by atoms with Gasteiger partial charge in [0.05, 0.1) is 12.5 Å². The minimum absolute atomic E-state index is 0.0303. The van der Waals surface area contributed by atoms with E-state index >= 15 is 0 Å². The summed E-state index contributed by atoms with van der Waals surface area (Å²) in [6, 6.07) is 6.27. The van der Waals surface area contributed by atoms with E-state index in [1.807, 2.05) is 0 Å². The molecule has 1 aliphatic heterocycles. The molecule has 0 bridgehead atoms. The fraction of sp³-hybridized carbons (Fsp3) is 0.500. The Morgan fingerprint density at radius 2 is 1.81 bits per heavy atom. The van der Waals surface area contributed by atoms with Crippen molar-refractivity contribution in [2.45, 2.75) is 25.8 Å². The number of nitrogens with zero attached hydrogens (tertiary/aromatic N) is 1. The number of likely N-dealkylation sites (tertiary alicyclic amines) is 1. The fourth-order valence-corrected chi connectivity index (χ4v) is 2.74. The molecule has 2 amide bonds. The van der Waals surface area contributed by atoms with Crippen molar-refractivity contribution >= 4 is 29.8 Å². The molecule has 27 heavy (non-hydrogen) atoms. The monoisotopic (exact) mass is 398 g/mol. The molecule has 0 saturated carbocycles. The van der Waals surface area contributed by atoms with Crippen LogP contribution in [0, 0.1) is 0 Å². The van der Waals surface area contributed by atoms with Gasteiger partial charge in [-0.1, -0.05) is 0 Å². The average molecular weight is 399 g/mol. The van der Waals surface area contributed by atoms with Gasteiger partial charge in [-0.05, 0) is 44.0 Å². The van der Waals surface area contributed by atoms with Gasteiger partial charge in [0.1, 0.15) is 12.4 Å². The van der Waals surface area contributed by atoms with Crippen LogP contribution in [-0.2, 0) is 9.47 Å². The topological polar surface area (TPSA) is 94.2 Å². The Bertz CT molecular complexity index is 644. The maximum absolute atomic E-state index is 12.6. The zero-order valence-corrected chi connectivity index (χ0v) is 15.9. The molecule has 9 heteroatoms. The third-order valence-corrected chi connectivity index (χ3v) is 4.13. The van der Waals surface area contributed by atoms with Crippen LogP contribution in [0.3, 0.4) is 0 Å². The number of amides is 2. The summed E-state index contributed by atoms with van der Waals surface area (Å²) >= 11 is 5.47. The first-order valence-electron chi connectivity index (χ1n) is 8.76. The SMILES string of the molecule is CCOC(=O)Oc1ccc(C(=O)N2CCC(NC(=O)OCCCl)CC2)cc1. The molecule has 0 spiro atoms. The molecular formula is C18H23ClN2O6. The number of hydrogen-bond acceptors (Lipinski definition) is 6. The van der Waals surface area contributed by atoms with E-state index in [0.29, 0.717) is 37.2 Å². The van der Waals surface area contributed by atoms with Gasteiger partial charge in [0.25, 0.3) is 5.91 Å². The van der Waals surface area contributed by atoms with Crippen LogP contribution in [0.25, 0.3) is 0 Å². The Hall–Kier alpha value is -2.48. The Kier molecular flexibility index (Phi) is 8.19. The van der Waals surface area contributed by atoms with Crippen molar-refractivity contribution in [3.63, 3.8) is 0 Å². The summed E-state index contributed by atoms with van der Waals surface area (Å²) in [4.78, 5) is 37.1. The molecule has 1 aromatic rings. The van der Waals surface area contributed by atoms with E-state index in [0.717, 1.165) is 0 Å². The zero-order chi connectivity index (χ0) is 19.6. The molecule has 0 aliphatic carbocycles. The predicted octanol–water partition coefficient (Wildman–Crippen LogP) is 2.79. The second kappa shape index (κ2) is 10.6. The van der Waals surface area contributed by atoms with Gasteiger partial charge in [0.15, 0.2) is 0 Å². The Morgan fingerprint density at radius 1 is 1.15 bits per heavy atom. The molecule has 1 aliphatic rings. The first-order chi connectivity index (χ1) is 13.0. The van der Waals surface area contributed by atoms with Crippen LogP contribution < -0.4 is 10.1 Å². The van der Waals surface area contributed by atoms with Gasteiger partial charge in [-0.2, -0.15) is 0 Å². The number of benzene rings is 1. The number of carbonyl (C=O) groups excluding carboxylic acids is 3. The lowest BCUT2D eigenvalue weighted by Gasteiger charge is -2.32. The fourth-order valence-electron chi connectivity index (χ4n) is 2.66. The van der Waals surface area contributed by atoms with Crippen molar-refractivity contribution in [3.8, 4) is 5.75 Å². The molecule has 1 fully saturated rings. The van der Waals surface area contributed by atoms with Gasteiger partial charge >= 0.3 is 12.2 Å². The summed E-state index contributed by atoms with van der Waals surface area (Å²) in [5.74, 6) is 0.452. The van der Waals surface area contributed by atoms with E-state index in [-0.39, 0.29) is 31.0 Å². The van der Waals surface area contributed by atoms with E-state index in [9.17, 15) is 14.4 Å². The largest absolute Gasteiger partial charge is 0.513 e. The van der Waals surface area contributed by atoms with Gasteiger partial charge in [0, 0.05) is 24.7 Å². The quantitative estimate of drug-likeness (QED) is 0.450. The molecule has 1 N–H and O–H groups in total. The first-order valence-corrected chi connectivity index (χ1v) is 9.30. The minimum Gasteiger partial charge on any atom is -0.448 e. The molecular weight excluding hydrogens is 376 g/mol. The zero-order valence-electron chi connectivity index (χ0n) is 15.1. The van der Waals surface area contributed by atoms with E-state index in [2.05, 4.69) is 5.32 Å². The second-order valence-corrected chi connectivity index (χ2v) is 6.22. The lowest BCUT2D eigenvalue weighted by molar-refractivity contribution is 0.0702.